The SMILES string of the molecule is CCCCc1ccc(C2(O)CCC(C(=O)OCCC)CC2)cc1. The first kappa shape index (κ1) is 18.0. The number of aliphatic hydroxyl groups is 1. The van der Waals surface area contributed by atoms with Crippen molar-refractivity contribution in [3.05, 3.63) is 35.4 Å². The topological polar surface area (TPSA) is 46.5 Å². The maximum atomic E-state index is 11.9. The zero-order valence-corrected chi connectivity index (χ0v) is 14.5. The van der Waals surface area contributed by atoms with E-state index in [1.165, 1.54) is 18.4 Å². The molecule has 1 aliphatic carbocycles. The van der Waals surface area contributed by atoms with Crippen molar-refractivity contribution in [3.63, 3.8) is 0 Å². The maximum Gasteiger partial charge on any atom is 0.308 e. The van der Waals surface area contributed by atoms with Gasteiger partial charge < -0.3 is 9.84 Å². The molecule has 0 saturated heterocycles. The molecule has 0 aromatic heterocycles. The number of benzene rings is 1. The molecule has 1 aromatic carbocycles. The molecule has 23 heavy (non-hydrogen) atoms. The van der Waals surface area contributed by atoms with Gasteiger partial charge in [0.15, 0.2) is 0 Å². The Morgan fingerprint density at radius 3 is 2.39 bits per heavy atom. The third-order valence-corrected chi connectivity index (χ3v) is 4.90. The molecule has 0 spiro atoms. The number of carbonyl (C=O) groups excluding carboxylic acids is 1. The quantitative estimate of drug-likeness (QED) is 0.760. The standard InChI is InChI=1S/C20H30O3/c1-3-5-6-16-7-9-18(10-8-16)20(22)13-11-17(12-14-20)19(21)23-15-4-2/h7-10,17,22H,3-6,11-15H2,1-2H3. The monoisotopic (exact) mass is 318 g/mol. The van der Waals surface area contributed by atoms with Crippen molar-refractivity contribution in [2.45, 2.75) is 70.8 Å². The van der Waals surface area contributed by atoms with Crippen molar-refractivity contribution in [2.75, 3.05) is 6.61 Å². The van der Waals surface area contributed by atoms with Crippen molar-refractivity contribution in [2.24, 2.45) is 5.92 Å². The summed E-state index contributed by atoms with van der Waals surface area (Å²) in [6.07, 6.45) is 7.02. The Morgan fingerprint density at radius 1 is 1.17 bits per heavy atom. The van der Waals surface area contributed by atoms with Crippen LogP contribution in [0.4, 0.5) is 0 Å². The first-order chi connectivity index (χ1) is 11.1. The Hall–Kier alpha value is -1.35. The molecule has 0 amide bonds. The summed E-state index contributed by atoms with van der Waals surface area (Å²) < 4.78 is 5.24. The van der Waals surface area contributed by atoms with Crippen LogP contribution < -0.4 is 0 Å². The molecule has 0 heterocycles. The first-order valence-electron chi connectivity index (χ1n) is 9.07. The van der Waals surface area contributed by atoms with E-state index in [-0.39, 0.29) is 11.9 Å². The van der Waals surface area contributed by atoms with E-state index in [9.17, 15) is 9.90 Å². The van der Waals surface area contributed by atoms with Crippen LogP contribution in [-0.2, 0) is 21.6 Å². The van der Waals surface area contributed by atoms with Gasteiger partial charge in [0.1, 0.15) is 0 Å². The van der Waals surface area contributed by atoms with Gasteiger partial charge in [-0.05, 0) is 56.1 Å². The molecular weight excluding hydrogens is 288 g/mol. The van der Waals surface area contributed by atoms with E-state index in [1.54, 1.807) is 0 Å². The van der Waals surface area contributed by atoms with E-state index in [0.717, 1.165) is 18.4 Å². The second kappa shape index (κ2) is 8.49. The predicted octanol–water partition coefficient (Wildman–Crippen LogP) is 4.36. The van der Waals surface area contributed by atoms with Gasteiger partial charge in [0, 0.05) is 0 Å². The molecule has 0 unspecified atom stereocenters. The van der Waals surface area contributed by atoms with Crippen LogP contribution in [-0.4, -0.2) is 17.7 Å². The molecule has 0 bridgehead atoms. The molecule has 3 heteroatoms. The third kappa shape index (κ3) is 4.81. The van der Waals surface area contributed by atoms with E-state index in [1.807, 2.05) is 6.92 Å². The van der Waals surface area contributed by atoms with Gasteiger partial charge in [0.2, 0.25) is 0 Å². The maximum absolute atomic E-state index is 11.9. The van der Waals surface area contributed by atoms with E-state index in [0.29, 0.717) is 32.3 Å². The molecule has 0 atom stereocenters. The predicted molar refractivity (Wildman–Crippen MR) is 92.2 cm³/mol. The molecule has 1 N–H and O–H groups in total. The minimum Gasteiger partial charge on any atom is -0.465 e. The highest BCUT2D eigenvalue weighted by Gasteiger charge is 2.37. The molecule has 2 rings (SSSR count). The van der Waals surface area contributed by atoms with Gasteiger partial charge in [0.25, 0.3) is 0 Å². The van der Waals surface area contributed by atoms with Crippen molar-refractivity contribution in [3.8, 4) is 0 Å². The number of carbonyl (C=O) groups is 1. The van der Waals surface area contributed by atoms with Crippen LogP contribution in [0, 0.1) is 5.92 Å². The van der Waals surface area contributed by atoms with Gasteiger partial charge in [-0.2, -0.15) is 0 Å². The van der Waals surface area contributed by atoms with Crippen molar-refractivity contribution in [1.29, 1.82) is 0 Å². The molecule has 0 radical (unpaired) electrons. The molecule has 1 aliphatic rings. The van der Waals surface area contributed by atoms with Crippen LogP contribution in [0.15, 0.2) is 24.3 Å². The number of unbranched alkanes of at least 4 members (excludes halogenated alkanes) is 1. The minimum absolute atomic E-state index is 0.0503. The molecule has 1 saturated carbocycles. The molecule has 1 fully saturated rings. The average Bonchev–Trinajstić information content (AvgIpc) is 2.59. The van der Waals surface area contributed by atoms with E-state index >= 15 is 0 Å². The lowest BCUT2D eigenvalue weighted by molar-refractivity contribution is -0.151. The Balaban J connectivity index is 1.92. The number of hydrogen-bond acceptors (Lipinski definition) is 3. The number of esters is 1. The molecule has 0 aliphatic heterocycles. The molecule has 128 valence electrons. The highest BCUT2D eigenvalue weighted by molar-refractivity contribution is 5.72. The van der Waals surface area contributed by atoms with Crippen LogP contribution in [0.3, 0.4) is 0 Å². The summed E-state index contributed by atoms with van der Waals surface area (Å²) in [4.78, 5) is 11.9. The lowest BCUT2D eigenvalue weighted by Crippen LogP contribution is -2.34. The average molecular weight is 318 g/mol. The Morgan fingerprint density at radius 2 is 1.83 bits per heavy atom. The summed E-state index contributed by atoms with van der Waals surface area (Å²) in [5.74, 6) is -0.144. The van der Waals surface area contributed by atoms with Crippen LogP contribution in [0.25, 0.3) is 0 Å². The van der Waals surface area contributed by atoms with Crippen molar-refractivity contribution < 1.29 is 14.6 Å². The summed E-state index contributed by atoms with van der Waals surface area (Å²) in [5.41, 5.74) is 1.53. The summed E-state index contributed by atoms with van der Waals surface area (Å²) >= 11 is 0. The van der Waals surface area contributed by atoms with Gasteiger partial charge >= 0.3 is 5.97 Å². The van der Waals surface area contributed by atoms with Gasteiger partial charge in [-0.1, -0.05) is 44.5 Å². The Bertz CT molecular complexity index is 484. The summed E-state index contributed by atoms with van der Waals surface area (Å²) in [7, 11) is 0. The minimum atomic E-state index is -0.787. The summed E-state index contributed by atoms with van der Waals surface area (Å²) in [6.45, 7) is 4.69. The second-order valence-electron chi connectivity index (χ2n) is 6.77. The molecular formula is C20H30O3. The zero-order chi connectivity index (χ0) is 16.7. The van der Waals surface area contributed by atoms with Crippen LogP contribution in [0.2, 0.25) is 0 Å². The lowest BCUT2D eigenvalue weighted by Gasteiger charge is -2.35. The molecule has 1 aromatic rings. The summed E-state index contributed by atoms with van der Waals surface area (Å²) in [5, 5.41) is 10.9. The number of ether oxygens (including phenoxy) is 1. The van der Waals surface area contributed by atoms with Crippen LogP contribution in [0.5, 0.6) is 0 Å². The smallest absolute Gasteiger partial charge is 0.308 e. The van der Waals surface area contributed by atoms with Gasteiger partial charge in [-0.15, -0.1) is 0 Å². The third-order valence-electron chi connectivity index (χ3n) is 4.90. The number of rotatable bonds is 7. The first-order valence-corrected chi connectivity index (χ1v) is 9.07. The van der Waals surface area contributed by atoms with E-state index < -0.39 is 5.60 Å². The summed E-state index contributed by atoms with van der Waals surface area (Å²) in [6, 6.07) is 8.37. The highest BCUT2D eigenvalue weighted by atomic mass is 16.5. The number of hydrogen-bond donors (Lipinski definition) is 1. The molecule has 3 nitrogen and oxygen atoms in total. The Kier molecular flexibility index (Phi) is 6.64. The second-order valence-corrected chi connectivity index (χ2v) is 6.77. The van der Waals surface area contributed by atoms with Crippen molar-refractivity contribution in [1.82, 2.24) is 0 Å². The zero-order valence-electron chi connectivity index (χ0n) is 14.5. The van der Waals surface area contributed by atoms with Crippen LogP contribution >= 0.6 is 0 Å². The van der Waals surface area contributed by atoms with Gasteiger partial charge in [-0.25, -0.2) is 0 Å². The van der Waals surface area contributed by atoms with Crippen LogP contribution in [0.1, 0.15) is 69.9 Å². The van der Waals surface area contributed by atoms with Crippen molar-refractivity contribution >= 4 is 5.97 Å². The number of aryl methyl sites for hydroxylation is 1. The normalized spacial score (nSPS) is 24.4. The highest BCUT2D eigenvalue weighted by Crippen LogP contribution is 2.40. The lowest BCUT2D eigenvalue weighted by atomic mass is 9.75. The van der Waals surface area contributed by atoms with Gasteiger partial charge in [-0.3, -0.25) is 4.79 Å². The Labute approximate surface area is 140 Å². The fourth-order valence-corrected chi connectivity index (χ4v) is 3.30. The van der Waals surface area contributed by atoms with E-state index in [4.69, 9.17) is 4.74 Å². The fraction of sp³-hybridized carbons (Fsp3) is 0.650. The van der Waals surface area contributed by atoms with Gasteiger partial charge in [0.05, 0.1) is 18.1 Å². The largest absolute Gasteiger partial charge is 0.465 e. The van der Waals surface area contributed by atoms with E-state index in [2.05, 4.69) is 31.2 Å². The fourth-order valence-electron chi connectivity index (χ4n) is 3.30.